The molecule has 0 aliphatic rings. The van der Waals surface area contributed by atoms with Crippen LogP contribution >= 0.6 is 0 Å². The number of aliphatic carboxylic acids is 2. The molecule has 0 radical (unpaired) electrons. The molecule has 2 amide bonds. The van der Waals surface area contributed by atoms with Crippen molar-refractivity contribution in [2.24, 2.45) is 0 Å². The van der Waals surface area contributed by atoms with Crippen LogP contribution in [0.2, 0.25) is 0 Å². The number of carboxylic acids is 2. The zero-order valence-electron chi connectivity index (χ0n) is 54.5. The summed E-state index contributed by atoms with van der Waals surface area (Å²) in [7, 11) is 0. The Morgan fingerprint density at radius 3 is 1.33 bits per heavy atom. The molecule has 85 heavy (non-hydrogen) atoms. The largest absolute Gasteiger partial charge is 2.00 e. The van der Waals surface area contributed by atoms with Crippen molar-refractivity contribution in [3.8, 4) is 44.8 Å². The van der Waals surface area contributed by atoms with E-state index in [1.165, 1.54) is 24.3 Å². The van der Waals surface area contributed by atoms with Crippen molar-refractivity contribution in [2.75, 3.05) is 10.6 Å². The van der Waals surface area contributed by atoms with E-state index in [0.717, 1.165) is 11.3 Å². The van der Waals surface area contributed by atoms with Crippen LogP contribution in [0.3, 0.4) is 0 Å². The number of nitrogens with one attached hydrogen (secondary N) is 2. The topological polar surface area (TPSA) is 238 Å². The van der Waals surface area contributed by atoms with Gasteiger partial charge in [0.25, 0.3) is 11.8 Å². The number of aliphatic hydroxyl groups excluding tert-OH is 2. The molecular weight excluding hydrogens is 1140 g/mol. The van der Waals surface area contributed by atoms with E-state index in [9.17, 15) is 53.6 Å². The summed E-state index contributed by atoms with van der Waals surface area (Å²) in [6.07, 6.45) is -14.1. The molecule has 15 nitrogen and oxygen atoms in total. The van der Waals surface area contributed by atoms with Crippen LogP contribution in [0.15, 0.2) is 170 Å². The van der Waals surface area contributed by atoms with Crippen LogP contribution < -0.4 is 20.8 Å². The normalized spacial score (nSPS) is 14.2. The van der Waals surface area contributed by atoms with E-state index in [2.05, 4.69) is 20.6 Å². The first-order chi connectivity index (χ1) is 41.9. The van der Waals surface area contributed by atoms with Crippen LogP contribution in [0, 0.1) is 11.6 Å². The third kappa shape index (κ3) is 19.0. The van der Waals surface area contributed by atoms with Crippen LogP contribution in [0.5, 0.6) is 0 Å². The molecule has 8 aromatic rings. The Bertz CT molecular complexity index is 3660. The summed E-state index contributed by atoms with van der Waals surface area (Å²) in [4.78, 5) is 55.1. The van der Waals surface area contributed by atoms with Crippen LogP contribution in [0.4, 0.5) is 20.2 Å². The Hall–Kier alpha value is -6.06. The van der Waals surface area contributed by atoms with Gasteiger partial charge in [-0.1, -0.05) is 125 Å². The fourth-order valence-corrected chi connectivity index (χ4v) is 10.1. The quantitative estimate of drug-likeness (QED) is 0.0169. The molecule has 2 heterocycles. The SMILES string of the molecule is CC(C)c1c(C(=O)Nc2ccccc2)c(-c2ccccc2)c(-c2ccc(F)cc2)n1CC[C@@H](O)C[C@@H](O)CC(=O)[O-].[2H]O[C@]([2H])(C([2H])[C@@H](CCn1c(-c2ccc(F)cc2)c(-c2ccccc2)c(C(=O)Nc2ccccc2)c1C(C)C)OO)C([2H])([2H])C(=O)[O-].[Ca+2].[Ca+2].[H-].[H-]. The molecule has 0 fully saturated rings. The molecular formula is C66H70Ca2F2N4O11. The Labute approximate surface area is 563 Å². The van der Waals surface area contributed by atoms with Gasteiger partial charge < -0.3 is 57.7 Å². The smallest absolute Gasteiger partial charge is 1.00 e. The average Bonchev–Trinajstić information content (AvgIpc) is 1.59. The number of benzene rings is 6. The van der Waals surface area contributed by atoms with Gasteiger partial charge in [-0.15, -0.1) is 0 Å². The van der Waals surface area contributed by atoms with Crippen LogP contribution in [-0.2, 0) is 27.6 Å². The number of amides is 2. The summed E-state index contributed by atoms with van der Waals surface area (Å²) in [6.45, 7) is 7.82. The molecule has 5 atom stereocenters. The monoisotopic (exact) mass is 1220 g/mol. The number of aliphatic hydroxyl groups is 3. The Morgan fingerprint density at radius 2 is 0.976 bits per heavy atom. The number of carbonyl (C=O) groups is 4. The number of hydrogen-bond donors (Lipinski definition) is 6. The second-order valence-electron chi connectivity index (χ2n) is 20.3. The number of hydrogen-bond acceptors (Lipinski definition) is 11. The van der Waals surface area contributed by atoms with Gasteiger partial charge in [0, 0.05) is 82.2 Å². The average molecular weight is 1220 g/mol. The first kappa shape index (κ1) is 62.0. The fourth-order valence-electron chi connectivity index (χ4n) is 10.1. The van der Waals surface area contributed by atoms with Crippen LogP contribution in [0.25, 0.3) is 44.8 Å². The first-order valence-electron chi connectivity index (χ1n) is 29.4. The fraction of sp³-hybridized carbons (Fsp3) is 0.273. The minimum Gasteiger partial charge on any atom is -1.00 e. The van der Waals surface area contributed by atoms with Crippen molar-refractivity contribution in [1.29, 1.82) is 1.43 Å². The minimum absolute atomic E-state index is 0. The minimum atomic E-state index is -3.64. The molecule has 6 N–H and O–H groups in total. The second-order valence-corrected chi connectivity index (χ2v) is 20.3. The van der Waals surface area contributed by atoms with Crippen molar-refractivity contribution >= 4 is 111 Å². The number of carboxylic acid groups (broad SMARTS) is 2. The molecule has 0 saturated heterocycles. The number of rotatable bonds is 26. The molecule has 0 aliphatic carbocycles. The van der Waals surface area contributed by atoms with Crippen LogP contribution in [0.1, 0.15) is 118 Å². The third-order valence-electron chi connectivity index (χ3n) is 13.5. The standard InChI is InChI=1S/C33H35FN2O6.C33H35FN2O5.2Ca.2H/c1-21(2)31-30(33(40)35-25-11-7-4-8-12-25)29(22-9-5-3-6-10-22)32(23-13-15-24(34)16-14-23)36(31)18-17-27(42-41)19-26(37)20-28(38)39;1-21(2)31-30(33(41)35-25-11-7-4-8-12-25)29(22-9-5-3-6-10-22)32(23-13-15-24(34)16-14-23)36(31)18-17-26(37)19-27(38)20-28(39)40;;;;/h3-16,21,26-27,37,41H,17-20H2,1-2H3,(H,35,40)(H,38,39);3-16,21,26-27,37-38H,17-20H2,1-2H3,(H,35,41)(H,39,40);;;;/q;;2*+2;2*-1/p-2/t2*26-,27-;;;;/m11..../s1/i19D,20D2,26D,37D;;;;;/t19?,26-,27-;;;;;. The van der Waals surface area contributed by atoms with E-state index in [4.69, 9.17) is 6.91 Å². The van der Waals surface area contributed by atoms with E-state index >= 15 is 0 Å². The van der Waals surface area contributed by atoms with Gasteiger partial charge in [0.15, 0.2) is 0 Å². The molecule has 19 heteroatoms. The second kappa shape index (κ2) is 33.7. The van der Waals surface area contributed by atoms with Gasteiger partial charge in [-0.25, -0.2) is 13.7 Å². The maximum atomic E-state index is 14.2. The molecule has 1 unspecified atom stereocenters. The molecule has 0 aliphatic heterocycles. The number of nitrogens with zero attached hydrogens (tertiary/aromatic N) is 2. The molecule has 8 rings (SSSR count). The van der Waals surface area contributed by atoms with Crippen molar-refractivity contribution < 1.29 is 72.0 Å². The van der Waals surface area contributed by atoms with Crippen molar-refractivity contribution in [2.45, 2.75) is 115 Å². The number of carbonyl (C=O) groups excluding carboxylic acids is 4. The van der Waals surface area contributed by atoms with Gasteiger partial charge in [0.05, 0.1) is 48.3 Å². The number of anilines is 2. The number of halogens is 2. The summed E-state index contributed by atoms with van der Waals surface area (Å²) < 4.78 is 71.5. The zero-order chi connectivity index (χ0) is 64.0. The maximum absolute atomic E-state index is 14.2. The predicted octanol–water partition coefficient (Wildman–Crippen LogP) is 9.92. The molecule has 2 aromatic heterocycles. The van der Waals surface area contributed by atoms with Gasteiger partial charge in [0.2, 0.25) is 1.43 Å². The maximum Gasteiger partial charge on any atom is 2.00 e. The predicted molar refractivity (Wildman–Crippen MR) is 324 cm³/mol. The van der Waals surface area contributed by atoms with Gasteiger partial charge >= 0.3 is 75.5 Å². The van der Waals surface area contributed by atoms with Gasteiger partial charge in [0.1, 0.15) is 11.6 Å². The molecule has 438 valence electrons. The summed E-state index contributed by atoms with van der Waals surface area (Å²) in [5, 5.41) is 63.0. The Kier molecular flexibility index (Phi) is 24.6. The third-order valence-corrected chi connectivity index (χ3v) is 13.5. The zero-order valence-corrected chi connectivity index (χ0v) is 52.0. The van der Waals surface area contributed by atoms with Crippen molar-refractivity contribution in [3.05, 3.63) is 204 Å². The van der Waals surface area contributed by atoms with E-state index in [-0.39, 0.29) is 128 Å². The summed E-state index contributed by atoms with van der Waals surface area (Å²) >= 11 is 0. The summed E-state index contributed by atoms with van der Waals surface area (Å²) in [6, 6.07) is 48.2. The molecule has 6 aromatic carbocycles. The first-order valence-corrected chi connectivity index (χ1v) is 27.0. The van der Waals surface area contributed by atoms with Gasteiger partial charge in [-0.05, 0) is 126 Å². The van der Waals surface area contributed by atoms with Crippen molar-refractivity contribution in [1.82, 2.24) is 9.13 Å². The molecule has 0 saturated carbocycles. The Balaban J connectivity index is 0.000000464. The van der Waals surface area contributed by atoms with E-state index in [0.29, 0.717) is 67.4 Å². The number of aromatic nitrogens is 2. The number of para-hydroxylation sites is 2. The van der Waals surface area contributed by atoms with E-state index < -0.39 is 73.1 Å². The van der Waals surface area contributed by atoms with Gasteiger partial charge in [-0.2, -0.15) is 0 Å². The van der Waals surface area contributed by atoms with E-state index in [1.807, 2.05) is 105 Å². The molecule has 0 bridgehead atoms. The summed E-state index contributed by atoms with van der Waals surface area (Å²) in [5.74, 6) is -5.84. The summed E-state index contributed by atoms with van der Waals surface area (Å²) in [5.41, 5.74) is 8.25. The van der Waals surface area contributed by atoms with Crippen molar-refractivity contribution in [3.63, 3.8) is 0 Å². The van der Waals surface area contributed by atoms with Crippen LogP contribution in [-0.4, -0.2) is 155 Å². The molecule has 0 spiro atoms. The van der Waals surface area contributed by atoms with E-state index in [1.54, 1.807) is 77.4 Å². The Morgan fingerprint density at radius 1 is 0.588 bits per heavy atom. The van der Waals surface area contributed by atoms with Gasteiger partial charge in [-0.3, -0.25) is 14.8 Å².